The molecule has 9 heteroatoms. The summed E-state index contributed by atoms with van der Waals surface area (Å²) >= 11 is 11.9. The van der Waals surface area contributed by atoms with Crippen LogP contribution in [0.5, 0.6) is 11.5 Å². The molecule has 0 spiro atoms. The molecular formula is C27H21Cl2N3O4. The second kappa shape index (κ2) is 11.6. The van der Waals surface area contributed by atoms with E-state index in [0.717, 1.165) is 10.8 Å². The Morgan fingerprint density at radius 1 is 0.917 bits per heavy atom. The third-order valence-electron chi connectivity index (χ3n) is 5.16. The number of amides is 2. The first-order chi connectivity index (χ1) is 17.4. The fraction of sp³-hybridized carbons (Fsp3) is 0.0741. The van der Waals surface area contributed by atoms with E-state index < -0.39 is 0 Å². The first kappa shape index (κ1) is 25.0. The van der Waals surface area contributed by atoms with Gasteiger partial charge in [0.05, 0.1) is 23.4 Å². The van der Waals surface area contributed by atoms with Gasteiger partial charge in [-0.1, -0.05) is 59.6 Å². The topological polar surface area (TPSA) is 89.0 Å². The Morgan fingerprint density at radius 2 is 1.72 bits per heavy atom. The van der Waals surface area contributed by atoms with E-state index in [1.807, 2.05) is 36.4 Å². The average molecular weight is 522 g/mol. The summed E-state index contributed by atoms with van der Waals surface area (Å²) in [6, 6.07) is 23.0. The second-order valence-electron chi connectivity index (χ2n) is 7.60. The maximum atomic E-state index is 12.6. The number of fused-ring (bicyclic) bond motifs is 1. The van der Waals surface area contributed by atoms with E-state index in [2.05, 4.69) is 15.8 Å². The van der Waals surface area contributed by atoms with Crippen LogP contribution in [0.4, 0.5) is 5.69 Å². The van der Waals surface area contributed by atoms with Crippen LogP contribution in [0.1, 0.15) is 15.9 Å². The monoisotopic (exact) mass is 521 g/mol. The molecular weight excluding hydrogens is 501 g/mol. The summed E-state index contributed by atoms with van der Waals surface area (Å²) in [7, 11) is 1.49. The normalized spacial score (nSPS) is 10.9. The molecule has 4 aromatic carbocycles. The van der Waals surface area contributed by atoms with Gasteiger partial charge in [-0.15, -0.1) is 0 Å². The SMILES string of the molecule is COc1cc(/C=N/NC(=O)c2cccc3ccccc23)ccc1OCC(=O)Nc1ccc(Cl)c(Cl)c1. The largest absolute Gasteiger partial charge is 0.493 e. The maximum absolute atomic E-state index is 12.6. The number of hydrogen-bond donors (Lipinski definition) is 2. The number of carbonyl (C=O) groups is 2. The molecule has 0 fully saturated rings. The lowest BCUT2D eigenvalue weighted by Crippen LogP contribution is -2.20. The van der Waals surface area contributed by atoms with Crippen LogP contribution in [0.3, 0.4) is 0 Å². The molecule has 182 valence electrons. The van der Waals surface area contributed by atoms with Crippen LogP contribution in [0, 0.1) is 0 Å². The summed E-state index contributed by atoms with van der Waals surface area (Å²) in [5.74, 6) is 0.0839. The number of ether oxygens (including phenoxy) is 2. The summed E-state index contributed by atoms with van der Waals surface area (Å²) in [5.41, 5.74) is 4.25. The molecule has 0 aromatic heterocycles. The molecule has 2 N–H and O–H groups in total. The Bertz CT molecular complexity index is 1450. The summed E-state index contributed by atoms with van der Waals surface area (Å²) in [4.78, 5) is 24.9. The Morgan fingerprint density at radius 3 is 2.53 bits per heavy atom. The van der Waals surface area contributed by atoms with E-state index in [9.17, 15) is 9.59 Å². The zero-order chi connectivity index (χ0) is 25.5. The molecule has 7 nitrogen and oxygen atoms in total. The molecule has 2 amide bonds. The van der Waals surface area contributed by atoms with E-state index in [-0.39, 0.29) is 18.4 Å². The number of hydrazone groups is 1. The Kier molecular flexibility index (Phi) is 8.05. The van der Waals surface area contributed by atoms with E-state index in [4.69, 9.17) is 32.7 Å². The lowest BCUT2D eigenvalue weighted by atomic mass is 10.0. The van der Waals surface area contributed by atoms with Crippen molar-refractivity contribution in [1.82, 2.24) is 5.43 Å². The molecule has 0 heterocycles. The molecule has 0 atom stereocenters. The fourth-order valence-electron chi connectivity index (χ4n) is 3.45. The van der Waals surface area contributed by atoms with Crippen LogP contribution in [0.15, 0.2) is 84.0 Å². The van der Waals surface area contributed by atoms with Crippen molar-refractivity contribution in [2.45, 2.75) is 0 Å². The summed E-state index contributed by atoms with van der Waals surface area (Å²) in [6.07, 6.45) is 1.49. The lowest BCUT2D eigenvalue weighted by molar-refractivity contribution is -0.118. The van der Waals surface area contributed by atoms with Gasteiger partial charge < -0.3 is 14.8 Å². The van der Waals surface area contributed by atoms with Gasteiger partial charge in [0.1, 0.15) is 0 Å². The van der Waals surface area contributed by atoms with Crippen molar-refractivity contribution in [3.63, 3.8) is 0 Å². The first-order valence-corrected chi connectivity index (χ1v) is 11.6. The summed E-state index contributed by atoms with van der Waals surface area (Å²) in [6.45, 7) is -0.245. The number of methoxy groups -OCH3 is 1. The van der Waals surface area contributed by atoms with Crippen molar-refractivity contribution in [3.05, 3.63) is 100 Å². The minimum absolute atomic E-state index is 0.245. The van der Waals surface area contributed by atoms with Crippen LogP contribution in [-0.4, -0.2) is 31.7 Å². The minimum Gasteiger partial charge on any atom is -0.493 e. The molecule has 0 radical (unpaired) electrons. The zero-order valence-electron chi connectivity index (χ0n) is 19.1. The number of anilines is 1. The number of carbonyl (C=O) groups excluding carboxylic acids is 2. The van der Waals surface area contributed by atoms with Crippen LogP contribution < -0.4 is 20.2 Å². The van der Waals surface area contributed by atoms with Crippen molar-refractivity contribution >= 4 is 57.7 Å². The van der Waals surface area contributed by atoms with Crippen molar-refractivity contribution in [2.75, 3.05) is 19.0 Å². The maximum Gasteiger partial charge on any atom is 0.271 e. The molecule has 0 aliphatic heterocycles. The van der Waals surface area contributed by atoms with Gasteiger partial charge in [-0.3, -0.25) is 9.59 Å². The molecule has 0 bridgehead atoms. The highest BCUT2D eigenvalue weighted by atomic mass is 35.5. The number of nitrogens with one attached hydrogen (secondary N) is 2. The first-order valence-electron chi connectivity index (χ1n) is 10.8. The number of rotatable bonds is 8. The van der Waals surface area contributed by atoms with E-state index in [1.54, 1.807) is 42.5 Å². The molecule has 4 aromatic rings. The third-order valence-corrected chi connectivity index (χ3v) is 5.90. The van der Waals surface area contributed by atoms with E-state index in [1.165, 1.54) is 13.3 Å². The van der Waals surface area contributed by atoms with E-state index in [0.29, 0.717) is 38.4 Å². The molecule has 0 aliphatic rings. The standard InChI is InChI=1S/C27H21Cl2N3O4/c1-35-25-13-17(15-30-32-27(34)21-8-4-6-18-5-2-3-7-20(18)21)9-12-24(25)36-16-26(33)31-19-10-11-22(28)23(29)14-19/h2-15H,16H2,1H3,(H,31,33)(H,32,34)/b30-15+. The van der Waals surface area contributed by atoms with E-state index >= 15 is 0 Å². The van der Waals surface area contributed by atoms with Gasteiger partial charge in [0.2, 0.25) is 0 Å². The Labute approximate surface area is 217 Å². The quantitative estimate of drug-likeness (QED) is 0.222. The minimum atomic E-state index is -0.378. The van der Waals surface area contributed by atoms with Crippen LogP contribution in [0.25, 0.3) is 10.8 Å². The molecule has 4 rings (SSSR count). The number of hydrogen-bond acceptors (Lipinski definition) is 5. The highest BCUT2D eigenvalue weighted by molar-refractivity contribution is 6.42. The van der Waals surface area contributed by atoms with Crippen molar-refractivity contribution in [3.8, 4) is 11.5 Å². The summed E-state index contributed by atoms with van der Waals surface area (Å²) < 4.78 is 11.0. The van der Waals surface area contributed by atoms with Gasteiger partial charge in [-0.25, -0.2) is 5.43 Å². The molecule has 0 saturated heterocycles. The number of halogens is 2. The molecule has 0 unspecified atom stereocenters. The van der Waals surface area contributed by atoms with Crippen molar-refractivity contribution in [2.24, 2.45) is 5.10 Å². The van der Waals surface area contributed by atoms with Crippen LogP contribution >= 0.6 is 23.2 Å². The second-order valence-corrected chi connectivity index (χ2v) is 8.42. The Hall–Kier alpha value is -4.07. The third kappa shape index (κ3) is 6.13. The predicted molar refractivity (Wildman–Crippen MR) is 143 cm³/mol. The highest BCUT2D eigenvalue weighted by Crippen LogP contribution is 2.28. The van der Waals surface area contributed by atoms with Gasteiger partial charge >= 0.3 is 0 Å². The smallest absolute Gasteiger partial charge is 0.271 e. The van der Waals surface area contributed by atoms with Gasteiger partial charge in [0.15, 0.2) is 18.1 Å². The van der Waals surface area contributed by atoms with Gasteiger partial charge in [-0.05, 0) is 58.8 Å². The average Bonchev–Trinajstić information content (AvgIpc) is 2.89. The molecule has 0 saturated carbocycles. The molecule has 0 aliphatic carbocycles. The number of nitrogens with zero attached hydrogens (tertiary/aromatic N) is 1. The molecule has 36 heavy (non-hydrogen) atoms. The van der Waals surface area contributed by atoms with Gasteiger partial charge in [0.25, 0.3) is 11.8 Å². The van der Waals surface area contributed by atoms with Crippen LogP contribution in [0.2, 0.25) is 10.0 Å². The van der Waals surface area contributed by atoms with Crippen LogP contribution in [-0.2, 0) is 4.79 Å². The lowest BCUT2D eigenvalue weighted by Gasteiger charge is -2.12. The zero-order valence-corrected chi connectivity index (χ0v) is 20.6. The van der Waals surface area contributed by atoms with Gasteiger partial charge in [0, 0.05) is 11.3 Å². The summed E-state index contributed by atoms with van der Waals surface area (Å²) in [5, 5.41) is 9.29. The fourth-order valence-corrected chi connectivity index (χ4v) is 3.75. The predicted octanol–water partition coefficient (Wildman–Crippen LogP) is 5.94. The highest BCUT2D eigenvalue weighted by Gasteiger charge is 2.11. The number of benzene rings is 4. The Balaban J connectivity index is 1.36. The van der Waals surface area contributed by atoms with Gasteiger partial charge in [-0.2, -0.15) is 5.10 Å². The van der Waals surface area contributed by atoms with Crippen molar-refractivity contribution < 1.29 is 19.1 Å². The van der Waals surface area contributed by atoms with Crippen molar-refractivity contribution in [1.29, 1.82) is 0 Å².